The highest BCUT2D eigenvalue weighted by atomic mass is 16.5. The Balaban J connectivity index is 1.88. The third kappa shape index (κ3) is 4.93. The third-order valence-electron chi connectivity index (χ3n) is 2.88. The Bertz CT molecular complexity index is 610. The lowest BCUT2D eigenvalue weighted by Gasteiger charge is -2.09. The summed E-state index contributed by atoms with van der Waals surface area (Å²) in [6, 6.07) is 15.2. The van der Waals surface area contributed by atoms with Gasteiger partial charge in [-0.15, -0.1) is 0 Å². The number of hydrogen-bond acceptors (Lipinski definition) is 3. The van der Waals surface area contributed by atoms with Crippen LogP contribution in [0.3, 0.4) is 0 Å². The normalized spacial score (nSPS) is 10.2. The smallest absolute Gasteiger partial charge is 0.262 e. The predicted octanol–water partition coefficient (Wildman–Crippen LogP) is 3.16. The summed E-state index contributed by atoms with van der Waals surface area (Å²) in [6.45, 7) is 2.48. The number of aryl methyl sites for hydroxylation is 1. The average Bonchev–Trinajstić information content (AvgIpc) is 2.46. The maximum atomic E-state index is 11.9. The number of benzene rings is 2. The topological polar surface area (TPSA) is 47.6 Å². The van der Waals surface area contributed by atoms with Crippen molar-refractivity contribution in [2.75, 3.05) is 19.0 Å². The molecule has 0 aromatic heterocycles. The number of methoxy groups -OCH3 is 1. The lowest BCUT2D eigenvalue weighted by molar-refractivity contribution is -0.118. The first-order chi connectivity index (χ1) is 10.2. The maximum Gasteiger partial charge on any atom is 0.262 e. The largest absolute Gasteiger partial charge is 0.484 e. The summed E-state index contributed by atoms with van der Waals surface area (Å²) in [5.41, 5.74) is 2.84. The first-order valence-electron chi connectivity index (χ1n) is 6.74. The number of amides is 1. The van der Waals surface area contributed by atoms with E-state index in [9.17, 15) is 4.79 Å². The highest BCUT2D eigenvalue weighted by Gasteiger charge is 2.04. The highest BCUT2D eigenvalue weighted by molar-refractivity contribution is 5.91. The summed E-state index contributed by atoms with van der Waals surface area (Å²) in [4.78, 5) is 11.9. The molecule has 0 unspecified atom stereocenters. The second-order valence-corrected chi connectivity index (χ2v) is 4.79. The first-order valence-corrected chi connectivity index (χ1v) is 6.74. The minimum atomic E-state index is -0.189. The molecular weight excluding hydrogens is 266 g/mol. The van der Waals surface area contributed by atoms with Crippen LogP contribution < -0.4 is 10.1 Å². The fraction of sp³-hybridized carbons (Fsp3) is 0.235. The van der Waals surface area contributed by atoms with Gasteiger partial charge in [-0.05, 0) is 42.3 Å². The minimum absolute atomic E-state index is 0.0159. The molecule has 0 aliphatic heterocycles. The van der Waals surface area contributed by atoms with Gasteiger partial charge >= 0.3 is 0 Å². The number of anilines is 1. The second-order valence-electron chi connectivity index (χ2n) is 4.79. The van der Waals surface area contributed by atoms with E-state index in [1.807, 2.05) is 55.5 Å². The molecule has 0 atom stereocenters. The molecule has 0 aliphatic rings. The Morgan fingerprint density at radius 3 is 2.71 bits per heavy atom. The van der Waals surface area contributed by atoms with Crippen LogP contribution in [0.4, 0.5) is 5.69 Å². The molecule has 0 bridgehead atoms. The molecule has 4 nitrogen and oxygen atoms in total. The third-order valence-corrected chi connectivity index (χ3v) is 2.88. The zero-order valence-corrected chi connectivity index (χ0v) is 12.3. The van der Waals surface area contributed by atoms with Crippen LogP contribution in [0.5, 0.6) is 5.75 Å². The molecule has 0 aliphatic carbocycles. The summed E-state index contributed by atoms with van der Waals surface area (Å²) >= 11 is 0. The summed E-state index contributed by atoms with van der Waals surface area (Å²) < 4.78 is 10.5. The summed E-state index contributed by atoms with van der Waals surface area (Å²) in [5.74, 6) is 0.504. The molecule has 21 heavy (non-hydrogen) atoms. The molecule has 2 aromatic carbocycles. The van der Waals surface area contributed by atoms with E-state index < -0.39 is 0 Å². The summed E-state index contributed by atoms with van der Waals surface area (Å²) in [6.07, 6.45) is 0. The van der Waals surface area contributed by atoms with Gasteiger partial charge in [0.15, 0.2) is 6.61 Å². The minimum Gasteiger partial charge on any atom is -0.484 e. The monoisotopic (exact) mass is 285 g/mol. The maximum absolute atomic E-state index is 11.9. The molecule has 0 saturated heterocycles. The van der Waals surface area contributed by atoms with Gasteiger partial charge in [-0.2, -0.15) is 0 Å². The first kappa shape index (κ1) is 15.1. The van der Waals surface area contributed by atoms with E-state index in [0.717, 1.165) is 16.8 Å². The van der Waals surface area contributed by atoms with E-state index in [2.05, 4.69) is 5.32 Å². The SMILES string of the molecule is COCc1cccc(NC(=O)COc2cccc(C)c2)c1. The fourth-order valence-electron chi connectivity index (χ4n) is 1.96. The van der Waals surface area contributed by atoms with Crippen LogP contribution in [-0.4, -0.2) is 19.6 Å². The molecule has 0 heterocycles. The van der Waals surface area contributed by atoms with Gasteiger partial charge in [0.25, 0.3) is 5.91 Å². The van der Waals surface area contributed by atoms with E-state index in [1.54, 1.807) is 7.11 Å². The van der Waals surface area contributed by atoms with Crippen LogP contribution in [-0.2, 0) is 16.1 Å². The molecule has 0 radical (unpaired) electrons. The summed E-state index contributed by atoms with van der Waals surface area (Å²) in [7, 11) is 1.64. The van der Waals surface area contributed by atoms with Gasteiger partial charge < -0.3 is 14.8 Å². The highest BCUT2D eigenvalue weighted by Crippen LogP contribution is 2.13. The Morgan fingerprint density at radius 1 is 1.14 bits per heavy atom. The van der Waals surface area contributed by atoms with Gasteiger partial charge in [0.05, 0.1) is 6.61 Å². The van der Waals surface area contributed by atoms with Gasteiger partial charge in [-0.3, -0.25) is 4.79 Å². The van der Waals surface area contributed by atoms with E-state index in [1.165, 1.54) is 0 Å². The molecule has 110 valence electrons. The van der Waals surface area contributed by atoms with Gasteiger partial charge in [-0.25, -0.2) is 0 Å². The van der Waals surface area contributed by atoms with Gasteiger partial charge in [-0.1, -0.05) is 24.3 Å². The van der Waals surface area contributed by atoms with Gasteiger partial charge in [0, 0.05) is 12.8 Å². The van der Waals surface area contributed by atoms with Crippen molar-refractivity contribution in [2.24, 2.45) is 0 Å². The standard InChI is InChI=1S/C17H19NO3/c1-13-5-3-8-16(9-13)21-12-17(19)18-15-7-4-6-14(10-15)11-20-2/h3-10H,11-12H2,1-2H3,(H,18,19). The average molecular weight is 285 g/mol. The number of nitrogens with one attached hydrogen (secondary N) is 1. The van der Waals surface area contributed by atoms with E-state index in [0.29, 0.717) is 12.4 Å². The van der Waals surface area contributed by atoms with Crippen molar-refractivity contribution in [3.8, 4) is 5.75 Å². The van der Waals surface area contributed by atoms with E-state index >= 15 is 0 Å². The zero-order valence-electron chi connectivity index (χ0n) is 12.3. The predicted molar refractivity (Wildman–Crippen MR) is 82.5 cm³/mol. The van der Waals surface area contributed by atoms with Crippen LogP contribution in [0.1, 0.15) is 11.1 Å². The van der Waals surface area contributed by atoms with Crippen LogP contribution in [0.2, 0.25) is 0 Å². The van der Waals surface area contributed by atoms with Crippen LogP contribution in [0, 0.1) is 6.92 Å². The van der Waals surface area contributed by atoms with E-state index in [-0.39, 0.29) is 12.5 Å². The molecule has 1 amide bonds. The zero-order chi connectivity index (χ0) is 15.1. The number of carbonyl (C=O) groups is 1. The Morgan fingerprint density at radius 2 is 1.95 bits per heavy atom. The number of carbonyl (C=O) groups excluding carboxylic acids is 1. The van der Waals surface area contributed by atoms with Gasteiger partial charge in [0.2, 0.25) is 0 Å². The van der Waals surface area contributed by atoms with Crippen LogP contribution >= 0.6 is 0 Å². The summed E-state index contributed by atoms with van der Waals surface area (Å²) in [5, 5.41) is 2.81. The van der Waals surface area contributed by atoms with Crippen molar-refractivity contribution in [1.82, 2.24) is 0 Å². The molecule has 2 rings (SSSR count). The van der Waals surface area contributed by atoms with Crippen LogP contribution in [0.15, 0.2) is 48.5 Å². The van der Waals surface area contributed by atoms with Crippen molar-refractivity contribution < 1.29 is 14.3 Å². The second kappa shape index (κ2) is 7.45. The fourth-order valence-corrected chi connectivity index (χ4v) is 1.96. The molecular formula is C17H19NO3. The number of rotatable bonds is 6. The molecule has 1 N–H and O–H groups in total. The molecule has 2 aromatic rings. The Kier molecular flexibility index (Phi) is 5.35. The molecule has 0 spiro atoms. The molecule has 4 heteroatoms. The Labute approximate surface area is 124 Å². The van der Waals surface area contributed by atoms with Crippen molar-refractivity contribution in [2.45, 2.75) is 13.5 Å². The number of hydrogen-bond donors (Lipinski definition) is 1. The quantitative estimate of drug-likeness (QED) is 0.887. The number of ether oxygens (including phenoxy) is 2. The molecule has 0 saturated carbocycles. The van der Waals surface area contributed by atoms with Crippen molar-refractivity contribution in [1.29, 1.82) is 0 Å². The lowest BCUT2D eigenvalue weighted by atomic mass is 10.2. The van der Waals surface area contributed by atoms with Crippen molar-refractivity contribution >= 4 is 11.6 Å². The molecule has 0 fully saturated rings. The van der Waals surface area contributed by atoms with Crippen molar-refractivity contribution in [3.63, 3.8) is 0 Å². The Hall–Kier alpha value is -2.33. The van der Waals surface area contributed by atoms with Crippen LogP contribution in [0.25, 0.3) is 0 Å². The van der Waals surface area contributed by atoms with Gasteiger partial charge in [0.1, 0.15) is 5.75 Å². The lowest BCUT2D eigenvalue weighted by Crippen LogP contribution is -2.20. The van der Waals surface area contributed by atoms with E-state index in [4.69, 9.17) is 9.47 Å². The van der Waals surface area contributed by atoms with Crippen molar-refractivity contribution in [3.05, 3.63) is 59.7 Å².